The Kier molecular flexibility index (Phi) is 6.67. The number of methoxy groups -OCH3 is 1. The van der Waals surface area contributed by atoms with Crippen LogP contribution < -0.4 is 10.1 Å². The molecule has 1 unspecified atom stereocenters. The monoisotopic (exact) mass is 317 g/mol. The van der Waals surface area contributed by atoms with Crippen LogP contribution in [0.2, 0.25) is 5.02 Å². The number of carbonyl (C=O) groups excluding carboxylic acids is 1. The number of ether oxygens (including phenoxy) is 1. The third-order valence-electron chi connectivity index (χ3n) is 2.50. The molecule has 7 heteroatoms. The van der Waals surface area contributed by atoms with Gasteiger partial charge in [-0.1, -0.05) is 18.5 Å². The number of hydrogen-bond donors (Lipinski definition) is 2. The van der Waals surface area contributed by atoms with Crippen LogP contribution in [0.4, 0.5) is 5.69 Å². The van der Waals surface area contributed by atoms with Crippen molar-refractivity contribution in [3.8, 4) is 5.75 Å². The minimum absolute atomic E-state index is 0.0560. The smallest absolute Gasteiger partial charge is 0.316 e. The zero-order chi connectivity index (χ0) is 15.1. The standard InChI is InChI=1S/C13H16ClNO4S/c1-3-11(13(17)18)20-7-12(16)15-9-6-8(14)4-5-10(9)19-2/h4-6,11H,3,7H2,1-2H3,(H,15,16)(H,17,18). The van der Waals surface area contributed by atoms with Gasteiger partial charge in [0.05, 0.1) is 18.6 Å². The number of halogens is 1. The fourth-order valence-corrected chi connectivity index (χ4v) is 2.48. The van der Waals surface area contributed by atoms with Crippen molar-refractivity contribution in [3.05, 3.63) is 23.2 Å². The van der Waals surface area contributed by atoms with Gasteiger partial charge in [0.25, 0.3) is 0 Å². The molecule has 0 aliphatic carbocycles. The maximum Gasteiger partial charge on any atom is 0.316 e. The molecule has 0 aliphatic rings. The minimum Gasteiger partial charge on any atom is -0.495 e. The van der Waals surface area contributed by atoms with E-state index in [9.17, 15) is 9.59 Å². The topological polar surface area (TPSA) is 75.6 Å². The van der Waals surface area contributed by atoms with Gasteiger partial charge in [0, 0.05) is 5.02 Å². The average Bonchev–Trinajstić information content (AvgIpc) is 2.39. The first-order valence-corrected chi connectivity index (χ1v) is 7.38. The summed E-state index contributed by atoms with van der Waals surface area (Å²) in [7, 11) is 1.49. The molecular weight excluding hydrogens is 302 g/mol. The second kappa shape index (κ2) is 8.01. The molecule has 0 saturated heterocycles. The average molecular weight is 318 g/mol. The molecular formula is C13H16ClNO4S. The van der Waals surface area contributed by atoms with Crippen molar-refractivity contribution in [2.75, 3.05) is 18.2 Å². The third kappa shape index (κ3) is 4.94. The van der Waals surface area contributed by atoms with Crippen LogP contribution in [0.5, 0.6) is 5.75 Å². The summed E-state index contributed by atoms with van der Waals surface area (Å²) in [4.78, 5) is 22.7. The van der Waals surface area contributed by atoms with Gasteiger partial charge >= 0.3 is 5.97 Å². The first-order valence-electron chi connectivity index (χ1n) is 5.95. The first kappa shape index (κ1) is 16.7. The summed E-state index contributed by atoms with van der Waals surface area (Å²) in [5.41, 5.74) is 0.467. The Hall–Kier alpha value is -1.40. The van der Waals surface area contributed by atoms with Crippen LogP contribution in [0.1, 0.15) is 13.3 Å². The number of anilines is 1. The Morgan fingerprint density at radius 3 is 2.75 bits per heavy atom. The molecule has 2 N–H and O–H groups in total. The highest BCUT2D eigenvalue weighted by Crippen LogP contribution is 2.28. The zero-order valence-electron chi connectivity index (χ0n) is 11.2. The van der Waals surface area contributed by atoms with E-state index in [2.05, 4.69) is 5.32 Å². The van der Waals surface area contributed by atoms with Crippen LogP contribution in [-0.4, -0.2) is 35.1 Å². The van der Waals surface area contributed by atoms with Gasteiger partial charge < -0.3 is 15.2 Å². The lowest BCUT2D eigenvalue weighted by Crippen LogP contribution is -2.21. The summed E-state index contributed by atoms with van der Waals surface area (Å²) >= 11 is 6.95. The molecule has 1 amide bonds. The van der Waals surface area contributed by atoms with Crippen LogP contribution in [-0.2, 0) is 9.59 Å². The Morgan fingerprint density at radius 1 is 1.50 bits per heavy atom. The van der Waals surface area contributed by atoms with E-state index in [1.807, 2.05) is 0 Å². The lowest BCUT2D eigenvalue weighted by molar-refractivity contribution is -0.136. The van der Waals surface area contributed by atoms with Gasteiger partial charge in [0.2, 0.25) is 5.91 Å². The molecule has 1 aromatic rings. The second-order valence-corrected chi connectivity index (χ2v) is 5.57. The number of carboxylic acid groups (broad SMARTS) is 1. The van der Waals surface area contributed by atoms with Gasteiger partial charge in [-0.15, -0.1) is 11.8 Å². The van der Waals surface area contributed by atoms with E-state index in [0.29, 0.717) is 22.9 Å². The number of benzene rings is 1. The second-order valence-electron chi connectivity index (χ2n) is 3.94. The molecule has 0 spiro atoms. The molecule has 20 heavy (non-hydrogen) atoms. The molecule has 1 atom stereocenters. The van der Waals surface area contributed by atoms with Crippen molar-refractivity contribution in [1.82, 2.24) is 0 Å². The maximum atomic E-state index is 11.8. The van der Waals surface area contributed by atoms with Gasteiger partial charge in [0.1, 0.15) is 11.0 Å². The number of amides is 1. The summed E-state index contributed by atoms with van der Waals surface area (Å²) in [5.74, 6) is -0.653. The zero-order valence-corrected chi connectivity index (χ0v) is 12.8. The summed E-state index contributed by atoms with van der Waals surface area (Å²) in [5, 5.41) is 11.5. The molecule has 0 heterocycles. The number of carbonyl (C=O) groups is 2. The van der Waals surface area contributed by atoms with E-state index in [-0.39, 0.29) is 11.7 Å². The highest BCUT2D eigenvalue weighted by Gasteiger charge is 2.17. The van der Waals surface area contributed by atoms with Crippen molar-refractivity contribution in [2.24, 2.45) is 0 Å². The molecule has 0 saturated carbocycles. The molecule has 110 valence electrons. The Balaban J connectivity index is 2.62. The van der Waals surface area contributed by atoms with Crippen molar-refractivity contribution >= 4 is 40.9 Å². The van der Waals surface area contributed by atoms with Gasteiger partial charge in [-0.05, 0) is 24.6 Å². The van der Waals surface area contributed by atoms with Crippen LogP contribution in [0, 0.1) is 0 Å². The molecule has 0 radical (unpaired) electrons. The first-order chi connectivity index (χ1) is 9.47. The van der Waals surface area contributed by atoms with Crippen molar-refractivity contribution < 1.29 is 19.4 Å². The van der Waals surface area contributed by atoms with Crippen LogP contribution in [0.15, 0.2) is 18.2 Å². The van der Waals surface area contributed by atoms with E-state index < -0.39 is 11.2 Å². The lowest BCUT2D eigenvalue weighted by Gasteiger charge is -2.12. The van der Waals surface area contributed by atoms with E-state index in [4.69, 9.17) is 21.4 Å². The van der Waals surface area contributed by atoms with Crippen LogP contribution in [0.3, 0.4) is 0 Å². The van der Waals surface area contributed by atoms with Crippen molar-refractivity contribution in [3.63, 3.8) is 0 Å². The fraction of sp³-hybridized carbons (Fsp3) is 0.385. The SMILES string of the molecule is CCC(SCC(=O)Nc1cc(Cl)ccc1OC)C(=O)O. The lowest BCUT2D eigenvalue weighted by atomic mass is 10.3. The minimum atomic E-state index is -0.911. The predicted molar refractivity (Wildman–Crippen MR) is 80.8 cm³/mol. The number of carboxylic acids is 1. The van der Waals surface area contributed by atoms with E-state index in [0.717, 1.165) is 11.8 Å². The molecule has 1 rings (SSSR count). The number of rotatable bonds is 7. The summed E-state index contributed by atoms with van der Waals surface area (Å²) in [6, 6.07) is 4.89. The van der Waals surface area contributed by atoms with Gasteiger partial charge in [0.15, 0.2) is 0 Å². The Bertz CT molecular complexity index is 495. The van der Waals surface area contributed by atoms with Crippen LogP contribution in [0.25, 0.3) is 0 Å². The van der Waals surface area contributed by atoms with Gasteiger partial charge in [-0.25, -0.2) is 0 Å². The summed E-state index contributed by atoms with van der Waals surface area (Å²) < 4.78 is 5.11. The summed E-state index contributed by atoms with van der Waals surface area (Å²) in [6.07, 6.45) is 0.466. The molecule has 0 fully saturated rings. The molecule has 1 aromatic carbocycles. The number of thioether (sulfide) groups is 1. The highest BCUT2D eigenvalue weighted by atomic mass is 35.5. The Labute approximate surface area is 126 Å². The predicted octanol–water partition coefficient (Wildman–Crippen LogP) is 2.88. The van der Waals surface area contributed by atoms with Gasteiger partial charge in [-0.3, -0.25) is 9.59 Å². The Morgan fingerprint density at radius 2 is 2.20 bits per heavy atom. The molecule has 0 bridgehead atoms. The fourth-order valence-electron chi connectivity index (χ4n) is 1.50. The van der Waals surface area contributed by atoms with E-state index >= 15 is 0 Å². The maximum absolute atomic E-state index is 11.8. The molecule has 5 nitrogen and oxygen atoms in total. The quantitative estimate of drug-likeness (QED) is 0.808. The van der Waals surface area contributed by atoms with Crippen molar-refractivity contribution in [1.29, 1.82) is 0 Å². The largest absolute Gasteiger partial charge is 0.495 e. The summed E-state index contributed by atoms with van der Waals surface area (Å²) in [6.45, 7) is 1.77. The number of nitrogens with one attached hydrogen (secondary N) is 1. The van der Waals surface area contributed by atoms with E-state index in [1.165, 1.54) is 7.11 Å². The third-order valence-corrected chi connectivity index (χ3v) is 4.10. The van der Waals surface area contributed by atoms with Gasteiger partial charge in [-0.2, -0.15) is 0 Å². The highest BCUT2D eigenvalue weighted by molar-refractivity contribution is 8.01. The van der Waals surface area contributed by atoms with Crippen LogP contribution >= 0.6 is 23.4 Å². The number of aliphatic carboxylic acids is 1. The normalized spacial score (nSPS) is 11.8. The molecule has 0 aromatic heterocycles. The van der Waals surface area contributed by atoms with E-state index in [1.54, 1.807) is 25.1 Å². The molecule has 0 aliphatic heterocycles. The van der Waals surface area contributed by atoms with Crippen molar-refractivity contribution in [2.45, 2.75) is 18.6 Å². The number of hydrogen-bond acceptors (Lipinski definition) is 4.